The van der Waals surface area contributed by atoms with E-state index in [0.717, 1.165) is 19.6 Å². The van der Waals surface area contributed by atoms with Gasteiger partial charge >= 0.3 is 5.97 Å². The minimum absolute atomic E-state index is 0.109. The van der Waals surface area contributed by atoms with Crippen molar-refractivity contribution in [1.82, 2.24) is 9.80 Å². The van der Waals surface area contributed by atoms with E-state index in [0.29, 0.717) is 24.5 Å². The van der Waals surface area contributed by atoms with E-state index in [9.17, 15) is 4.79 Å². The molecule has 0 amide bonds. The molecule has 0 radical (unpaired) electrons. The number of ether oxygens (including phenoxy) is 1. The van der Waals surface area contributed by atoms with Gasteiger partial charge in [-0.2, -0.15) is 0 Å². The number of piperazine rings is 1. The smallest absolute Gasteiger partial charge is 0.320 e. The van der Waals surface area contributed by atoms with E-state index in [-0.39, 0.29) is 5.97 Å². The Morgan fingerprint density at radius 1 is 1.11 bits per heavy atom. The Labute approximate surface area is 164 Å². The van der Waals surface area contributed by atoms with Crippen LogP contribution in [0, 0.1) is 0 Å². The van der Waals surface area contributed by atoms with Gasteiger partial charge in [-0.25, -0.2) is 0 Å². The van der Waals surface area contributed by atoms with E-state index in [1.807, 2.05) is 20.8 Å². The molecule has 1 saturated heterocycles. The summed E-state index contributed by atoms with van der Waals surface area (Å²) in [5.74, 6) is 0.534. The average molecular weight is 373 g/mol. The van der Waals surface area contributed by atoms with Crippen LogP contribution in [-0.4, -0.2) is 59.6 Å². The van der Waals surface area contributed by atoms with E-state index in [2.05, 4.69) is 47.1 Å². The normalized spacial score (nSPS) is 28.1. The summed E-state index contributed by atoms with van der Waals surface area (Å²) in [4.78, 5) is 17.2. The number of esters is 1. The lowest BCUT2D eigenvalue weighted by Gasteiger charge is -2.47. The second-order valence-corrected chi connectivity index (χ2v) is 9.27. The third-order valence-corrected chi connectivity index (χ3v) is 5.97. The molecule has 2 aliphatic rings. The van der Waals surface area contributed by atoms with Crippen molar-refractivity contribution in [2.24, 2.45) is 0 Å². The van der Waals surface area contributed by atoms with Gasteiger partial charge in [-0.15, -0.1) is 0 Å². The molecule has 2 fully saturated rings. The summed E-state index contributed by atoms with van der Waals surface area (Å²) >= 11 is 0. The van der Waals surface area contributed by atoms with Gasteiger partial charge in [0.25, 0.3) is 0 Å². The highest BCUT2D eigenvalue weighted by molar-refractivity contribution is 5.72. The molecular formula is C23H36N2O2. The molecule has 1 aromatic carbocycles. The molecule has 4 heteroatoms. The number of rotatable bonds is 4. The van der Waals surface area contributed by atoms with Gasteiger partial charge in [-0.1, -0.05) is 43.2 Å². The number of nitrogens with zero attached hydrogens (tertiary/aromatic N) is 2. The van der Waals surface area contributed by atoms with Crippen molar-refractivity contribution in [2.45, 2.75) is 77.0 Å². The van der Waals surface area contributed by atoms with Crippen molar-refractivity contribution in [3.63, 3.8) is 0 Å². The maximum Gasteiger partial charge on any atom is 0.320 e. The van der Waals surface area contributed by atoms with Gasteiger partial charge in [-0.3, -0.25) is 14.6 Å². The van der Waals surface area contributed by atoms with Gasteiger partial charge in [0.15, 0.2) is 0 Å². The molecule has 1 heterocycles. The zero-order chi connectivity index (χ0) is 19.4. The number of benzene rings is 1. The van der Waals surface area contributed by atoms with Crippen LogP contribution in [0.1, 0.15) is 64.9 Å². The zero-order valence-corrected chi connectivity index (χ0v) is 17.5. The molecular weight excluding hydrogens is 336 g/mol. The van der Waals surface area contributed by atoms with Gasteiger partial charge in [0.2, 0.25) is 0 Å². The largest absolute Gasteiger partial charge is 0.459 e. The van der Waals surface area contributed by atoms with Gasteiger partial charge in [0, 0.05) is 31.7 Å². The fourth-order valence-corrected chi connectivity index (χ4v) is 4.74. The molecule has 0 N–H and O–H groups in total. The summed E-state index contributed by atoms with van der Waals surface area (Å²) in [6.07, 6.45) is 5.25. The standard InChI is InChI=1S/C23H36N2O2/c1-18-16-25(15-14-24(18)17-22(26)27-23(2,3)4)21-13-9-8-12-20(21)19-10-6-5-7-11-19/h5-7,10-11,18,20-21H,8-9,12-17H2,1-4H3/t18-,20?,21?/m1/s1. The summed E-state index contributed by atoms with van der Waals surface area (Å²) < 4.78 is 5.51. The van der Waals surface area contributed by atoms with E-state index in [1.165, 1.54) is 31.2 Å². The average Bonchev–Trinajstić information content (AvgIpc) is 2.63. The van der Waals surface area contributed by atoms with E-state index >= 15 is 0 Å². The number of carbonyl (C=O) groups excluding carboxylic acids is 1. The van der Waals surface area contributed by atoms with Crippen molar-refractivity contribution < 1.29 is 9.53 Å². The highest BCUT2D eigenvalue weighted by Crippen LogP contribution is 2.37. The van der Waals surface area contributed by atoms with E-state index in [1.54, 1.807) is 0 Å². The molecule has 2 unspecified atom stereocenters. The van der Waals surface area contributed by atoms with Crippen LogP contribution in [-0.2, 0) is 9.53 Å². The molecule has 1 aliphatic heterocycles. The molecule has 27 heavy (non-hydrogen) atoms. The topological polar surface area (TPSA) is 32.8 Å². The monoisotopic (exact) mass is 372 g/mol. The maximum atomic E-state index is 12.2. The van der Waals surface area contributed by atoms with Crippen molar-refractivity contribution in [3.05, 3.63) is 35.9 Å². The van der Waals surface area contributed by atoms with Crippen LogP contribution < -0.4 is 0 Å². The van der Waals surface area contributed by atoms with Gasteiger partial charge in [0.05, 0.1) is 6.54 Å². The van der Waals surface area contributed by atoms with Crippen molar-refractivity contribution >= 4 is 5.97 Å². The molecule has 150 valence electrons. The van der Waals surface area contributed by atoms with Crippen molar-refractivity contribution in [1.29, 1.82) is 0 Å². The SMILES string of the molecule is C[C@@H]1CN(C2CCCCC2c2ccccc2)CCN1CC(=O)OC(C)(C)C. The number of carbonyl (C=O) groups is 1. The van der Waals surface area contributed by atoms with Crippen LogP contribution in [0.4, 0.5) is 0 Å². The summed E-state index contributed by atoms with van der Waals surface area (Å²) in [5.41, 5.74) is 1.08. The first-order valence-corrected chi connectivity index (χ1v) is 10.6. The molecule has 0 aromatic heterocycles. The van der Waals surface area contributed by atoms with Crippen LogP contribution in [0.3, 0.4) is 0 Å². The second-order valence-electron chi connectivity index (χ2n) is 9.27. The Balaban J connectivity index is 1.60. The Morgan fingerprint density at radius 2 is 1.81 bits per heavy atom. The molecule has 1 saturated carbocycles. The van der Waals surface area contributed by atoms with E-state index in [4.69, 9.17) is 4.74 Å². The molecule has 0 spiro atoms. The third kappa shape index (κ3) is 5.55. The molecule has 0 bridgehead atoms. The minimum atomic E-state index is -0.410. The van der Waals surface area contributed by atoms with Crippen molar-refractivity contribution in [3.8, 4) is 0 Å². The van der Waals surface area contributed by atoms with Crippen LogP contribution in [0.5, 0.6) is 0 Å². The van der Waals surface area contributed by atoms with Crippen LogP contribution in [0.25, 0.3) is 0 Å². The Bertz CT molecular complexity index is 611. The van der Waals surface area contributed by atoms with Gasteiger partial charge in [-0.05, 0) is 52.0 Å². The summed E-state index contributed by atoms with van der Waals surface area (Å²) in [7, 11) is 0. The molecule has 3 rings (SSSR count). The lowest BCUT2D eigenvalue weighted by atomic mass is 9.79. The number of hydrogen-bond donors (Lipinski definition) is 0. The first-order chi connectivity index (χ1) is 12.8. The minimum Gasteiger partial charge on any atom is -0.459 e. The zero-order valence-electron chi connectivity index (χ0n) is 17.5. The van der Waals surface area contributed by atoms with E-state index < -0.39 is 5.60 Å². The van der Waals surface area contributed by atoms with Gasteiger partial charge in [0.1, 0.15) is 5.60 Å². The lowest BCUT2D eigenvalue weighted by molar-refractivity contribution is -0.157. The predicted molar refractivity (Wildman–Crippen MR) is 110 cm³/mol. The molecule has 1 aliphatic carbocycles. The Kier molecular flexibility index (Phi) is 6.59. The Hall–Kier alpha value is -1.39. The second kappa shape index (κ2) is 8.74. The molecule has 4 nitrogen and oxygen atoms in total. The fraction of sp³-hybridized carbons (Fsp3) is 0.696. The Morgan fingerprint density at radius 3 is 2.48 bits per heavy atom. The first-order valence-electron chi connectivity index (χ1n) is 10.6. The molecule has 1 aromatic rings. The highest BCUT2D eigenvalue weighted by Gasteiger charge is 2.35. The van der Waals surface area contributed by atoms with Crippen LogP contribution in [0.2, 0.25) is 0 Å². The fourth-order valence-electron chi connectivity index (χ4n) is 4.74. The van der Waals surface area contributed by atoms with Crippen LogP contribution in [0.15, 0.2) is 30.3 Å². The first kappa shape index (κ1) is 20.3. The summed E-state index contributed by atoms with van der Waals surface area (Å²) in [5, 5.41) is 0. The van der Waals surface area contributed by atoms with Gasteiger partial charge < -0.3 is 4.74 Å². The molecule has 3 atom stereocenters. The van der Waals surface area contributed by atoms with Crippen LogP contribution >= 0.6 is 0 Å². The van der Waals surface area contributed by atoms with Crippen molar-refractivity contribution in [2.75, 3.05) is 26.2 Å². The summed E-state index contributed by atoms with van der Waals surface area (Å²) in [6, 6.07) is 12.1. The quantitative estimate of drug-likeness (QED) is 0.746. The third-order valence-electron chi connectivity index (χ3n) is 5.97. The predicted octanol–water partition coefficient (Wildman–Crippen LogP) is 4.06. The maximum absolute atomic E-state index is 12.2. The highest BCUT2D eigenvalue weighted by atomic mass is 16.6. The summed E-state index contributed by atoms with van der Waals surface area (Å²) in [6.45, 7) is 11.5. The number of hydrogen-bond acceptors (Lipinski definition) is 4. The lowest BCUT2D eigenvalue weighted by Crippen LogP contribution is -2.57.